The molecule has 3 aromatic rings. The highest BCUT2D eigenvalue weighted by Gasteiger charge is 2.24. The van der Waals surface area contributed by atoms with Crippen LogP contribution in [0.1, 0.15) is 18.1 Å². The van der Waals surface area contributed by atoms with Crippen LogP contribution in [0.4, 0.5) is 15.2 Å². The Bertz CT molecular complexity index is 1170. The zero-order valence-electron chi connectivity index (χ0n) is 18.3. The van der Waals surface area contributed by atoms with Crippen molar-refractivity contribution in [1.29, 1.82) is 0 Å². The minimum Gasteiger partial charge on any atom is -0.495 e. The molecule has 0 saturated heterocycles. The van der Waals surface area contributed by atoms with E-state index in [4.69, 9.17) is 16.2 Å². The van der Waals surface area contributed by atoms with E-state index in [1.807, 2.05) is 31.2 Å². The van der Waals surface area contributed by atoms with Gasteiger partial charge in [-0.2, -0.15) is 4.37 Å². The molecule has 0 fully saturated rings. The van der Waals surface area contributed by atoms with E-state index in [2.05, 4.69) is 19.4 Å². The molecular formula is C21H27FN6O3S2. The van der Waals surface area contributed by atoms with Gasteiger partial charge in [-0.3, -0.25) is 4.72 Å². The van der Waals surface area contributed by atoms with E-state index in [-0.39, 0.29) is 22.8 Å². The molecule has 12 heteroatoms. The molecular weight excluding hydrogens is 467 g/mol. The van der Waals surface area contributed by atoms with Crippen LogP contribution in [0.5, 0.6) is 5.75 Å². The van der Waals surface area contributed by atoms with Crippen molar-refractivity contribution >= 4 is 32.4 Å². The second kappa shape index (κ2) is 10.9. The first-order valence-electron chi connectivity index (χ1n) is 10.2. The van der Waals surface area contributed by atoms with Crippen molar-refractivity contribution in [2.75, 3.05) is 23.7 Å². The molecule has 1 heterocycles. The highest BCUT2D eigenvalue weighted by molar-refractivity contribution is 7.93. The molecule has 9 nitrogen and oxygen atoms in total. The molecule has 33 heavy (non-hydrogen) atoms. The molecule has 0 saturated carbocycles. The van der Waals surface area contributed by atoms with E-state index in [0.717, 1.165) is 34.8 Å². The van der Waals surface area contributed by atoms with E-state index in [0.29, 0.717) is 25.2 Å². The van der Waals surface area contributed by atoms with Gasteiger partial charge in [0, 0.05) is 42.8 Å². The average Bonchev–Trinajstić information content (AvgIpc) is 3.28. The van der Waals surface area contributed by atoms with E-state index < -0.39 is 20.7 Å². The number of sulfonamides is 1. The van der Waals surface area contributed by atoms with Crippen molar-refractivity contribution in [3.63, 3.8) is 0 Å². The summed E-state index contributed by atoms with van der Waals surface area (Å²) in [7, 11) is -2.83. The summed E-state index contributed by atoms with van der Waals surface area (Å²) in [5.74, 6) is -0.742. The summed E-state index contributed by atoms with van der Waals surface area (Å²) in [6.45, 7) is 2.75. The van der Waals surface area contributed by atoms with Crippen molar-refractivity contribution < 1.29 is 17.5 Å². The lowest BCUT2D eigenvalue weighted by Crippen LogP contribution is -2.34. The number of ether oxygens (including phenoxy) is 1. The number of benzene rings is 2. The van der Waals surface area contributed by atoms with E-state index >= 15 is 0 Å². The maximum absolute atomic E-state index is 14.8. The third-order valence-electron chi connectivity index (χ3n) is 5.25. The highest BCUT2D eigenvalue weighted by atomic mass is 32.2. The second-order valence-electron chi connectivity index (χ2n) is 7.51. The van der Waals surface area contributed by atoms with Gasteiger partial charge in [0.05, 0.1) is 12.8 Å². The maximum atomic E-state index is 14.8. The fraction of sp³-hybridized carbons (Fsp3) is 0.333. The molecule has 0 bridgehead atoms. The van der Waals surface area contributed by atoms with Gasteiger partial charge in [-0.05, 0) is 30.4 Å². The molecule has 6 N–H and O–H groups in total. The topological polar surface area (TPSA) is 145 Å². The molecule has 1 aromatic heterocycles. The number of halogens is 1. The highest BCUT2D eigenvalue weighted by Crippen LogP contribution is 2.32. The van der Waals surface area contributed by atoms with E-state index in [1.54, 1.807) is 0 Å². The van der Waals surface area contributed by atoms with Crippen molar-refractivity contribution in [3.8, 4) is 5.75 Å². The Balaban J connectivity index is 1.80. The van der Waals surface area contributed by atoms with Crippen LogP contribution >= 0.6 is 11.5 Å². The third-order valence-corrected chi connectivity index (χ3v) is 7.31. The molecule has 3 rings (SSSR count). The van der Waals surface area contributed by atoms with E-state index in [1.165, 1.54) is 13.4 Å². The quantitative estimate of drug-likeness (QED) is 0.318. The van der Waals surface area contributed by atoms with Crippen molar-refractivity contribution in [2.24, 2.45) is 17.4 Å². The largest absolute Gasteiger partial charge is 0.495 e. The molecule has 178 valence electrons. The average molecular weight is 495 g/mol. The van der Waals surface area contributed by atoms with Gasteiger partial charge in [-0.1, -0.05) is 24.3 Å². The van der Waals surface area contributed by atoms with Gasteiger partial charge >= 0.3 is 0 Å². The third kappa shape index (κ3) is 6.16. The van der Waals surface area contributed by atoms with Crippen LogP contribution in [-0.2, 0) is 23.0 Å². The molecule has 0 aliphatic carbocycles. The summed E-state index contributed by atoms with van der Waals surface area (Å²) in [5, 5.41) is 3.19. The number of nitrogens with zero attached hydrogens (tertiary/aromatic N) is 2. The Morgan fingerprint density at radius 3 is 2.58 bits per heavy atom. The lowest BCUT2D eigenvalue weighted by molar-refractivity contribution is 0.411. The maximum Gasteiger partial charge on any atom is 0.266 e. The standard InChI is InChI=1S/C21H27FN6O3S2/c1-13(24)16(7-14-5-3-4-6-15(14)10-23)11-25-18-8-17(22)20(9-19(18)31-2)33(29,30)28-21-26-12-27-32-21/h3-6,8-9,12-13,16,25H,7,10-11,23-24H2,1-2H3,(H,26,27,28)/t13-,16+/m1/s1. The fourth-order valence-corrected chi connectivity index (χ4v) is 5.10. The predicted molar refractivity (Wildman–Crippen MR) is 127 cm³/mol. The molecule has 0 unspecified atom stereocenters. The number of aromatic nitrogens is 2. The summed E-state index contributed by atoms with van der Waals surface area (Å²) in [5.41, 5.74) is 14.5. The van der Waals surface area contributed by atoms with Crippen LogP contribution in [-0.4, -0.2) is 37.5 Å². The molecule has 2 aromatic carbocycles. The number of methoxy groups -OCH3 is 1. The molecule has 2 atom stereocenters. The van der Waals surface area contributed by atoms with Crippen molar-refractivity contribution in [2.45, 2.75) is 30.8 Å². The molecule has 0 radical (unpaired) electrons. The second-order valence-corrected chi connectivity index (χ2v) is 9.94. The minimum atomic E-state index is -4.21. The number of hydrogen-bond acceptors (Lipinski definition) is 9. The Kier molecular flexibility index (Phi) is 8.19. The lowest BCUT2D eigenvalue weighted by Gasteiger charge is -2.24. The molecule has 0 spiro atoms. The Morgan fingerprint density at radius 2 is 1.97 bits per heavy atom. The number of nitrogens with one attached hydrogen (secondary N) is 2. The smallest absolute Gasteiger partial charge is 0.266 e. The number of rotatable bonds is 11. The SMILES string of the molecule is COc1cc(S(=O)(=O)Nc2ncns2)c(F)cc1NC[C@H](Cc1ccccc1CN)[C@@H](C)N. The molecule has 0 aliphatic rings. The number of nitrogens with two attached hydrogens (primary N) is 2. The zero-order valence-corrected chi connectivity index (χ0v) is 19.9. The van der Waals surface area contributed by atoms with Crippen LogP contribution in [0, 0.1) is 11.7 Å². The predicted octanol–water partition coefficient (Wildman–Crippen LogP) is 2.56. The fourth-order valence-electron chi connectivity index (χ4n) is 3.36. The van der Waals surface area contributed by atoms with Gasteiger partial charge in [-0.25, -0.2) is 17.8 Å². The van der Waals surface area contributed by atoms with E-state index in [9.17, 15) is 12.8 Å². The summed E-state index contributed by atoms with van der Waals surface area (Å²) in [6.07, 6.45) is 1.88. The first-order chi connectivity index (χ1) is 15.7. The summed E-state index contributed by atoms with van der Waals surface area (Å²) in [6, 6.07) is 9.96. The minimum absolute atomic E-state index is 0.00736. The Labute approximate surface area is 196 Å². The molecule has 0 amide bonds. The number of anilines is 2. The summed E-state index contributed by atoms with van der Waals surface area (Å²) < 4.78 is 51.3. The normalized spacial score (nSPS) is 13.4. The van der Waals surface area contributed by atoms with Gasteiger partial charge in [-0.15, -0.1) is 0 Å². The number of hydrogen-bond donors (Lipinski definition) is 4. The van der Waals surface area contributed by atoms with Gasteiger partial charge in [0.2, 0.25) is 5.13 Å². The van der Waals surface area contributed by atoms with Crippen LogP contribution in [0.3, 0.4) is 0 Å². The lowest BCUT2D eigenvalue weighted by atomic mass is 9.91. The molecule has 0 aliphatic heterocycles. The van der Waals surface area contributed by atoms with Crippen LogP contribution < -0.4 is 26.2 Å². The summed E-state index contributed by atoms with van der Waals surface area (Å²) in [4.78, 5) is 3.21. The first-order valence-corrected chi connectivity index (χ1v) is 12.4. The van der Waals surface area contributed by atoms with Gasteiger partial charge in [0.25, 0.3) is 10.0 Å². The van der Waals surface area contributed by atoms with Crippen LogP contribution in [0.2, 0.25) is 0 Å². The van der Waals surface area contributed by atoms with Crippen molar-refractivity contribution in [3.05, 3.63) is 59.7 Å². The van der Waals surface area contributed by atoms with Gasteiger partial charge in [0.1, 0.15) is 22.8 Å². The first kappa shape index (κ1) is 24.8. The van der Waals surface area contributed by atoms with Gasteiger partial charge in [0.15, 0.2) is 0 Å². The van der Waals surface area contributed by atoms with Crippen molar-refractivity contribution in [1.82, 2.24) is 9.36 Å². The Hall–Kier alpha value is -2.80. The monoisotopic (exact) mass is 494 g/mol. The van der Waals surface area contributed by atoms with Crippen LogP contribution in [0.15, 0.2) is 47.6 Å². The van der Waals surface area contributed by atoms with Gasteiger partial charge < -0.3 is 21.5 Å². The zero-order chi connectivity index (χ0) is 24.0. The Morgan fingerprint density at radius 1 is 1.24 bits per heavy atom. The summed E-state index contributed by atoms with van der Waals surface area (Å²) >= 11 is 0.843. The van der Waals surface area contributed by atoms with Crippen LogP contribution in [0.25, 0.3) is 0 Å².